The summed E-state index contributed by atoms with van der Waals surface area (Å²) in [6.45, 7) is 6.64. The van der Waals surface area contributed by atoms with E-state index < -0.39 is 17.6 Å². The van der Waals surface area contributed by atoms with Gasteiger partial charge in [-0.1, -0.05) is 20.8 Å². The van der Waals surface area contributed by atoms with E-state index in [1.807, 2.05) is 6.92 Å². The third-order valence-corrected chi connectivity index (χ3v) is 3.92. The number of aliphatic carboxylic acids is 1. The summed E-state index contributed by atoms with van der Waals surface area (Å²) in [5.41, 5.74) is -0.415. The summed E-state index contributed by atoms with van der Waals surface area (Å²) in [4.78, 5) is 10.9. The molecule has 0 amide bonds. The normalized spacial score (nSPS) is 24.2. The number of rotatable bonds is 5. The van der Waals surface area contributed by atoms with Gasteiger partial charge >= 0.3 is 5.97 Å². The first-order chi connectivity index (χ1) is 7.78. The first-order valence-electron chi connectivity index (χ1n) is 6.47. The SMILES string of the molecule is CCC(NCC1(O)CCC(C)(C)CC1)C(=O)O. The second-order valence-electron chi connectivity index (χ2n) is 6.07. The van der Waals surface area contributed by atoms with Gasteiger partial charge in [-0.25, -0.2) is 0 Å². The van der Waals surface area contributed by atoms with Crippen molar-refractivity contribution in [2.75, 3.05) is 6.54 Å². The van der Waals surface area contributed by atoms with E-state index in [0.717, 1.165) is 25.7 Å². The molecule has 1 aliphatic rings. The highest BCUT2D eigenvalue weighted by atomic mass is 16.4. The van der Waals surface area contributed by atoms with Crippen molar-refractivity contribution in [2.24, 2.45) is 5.41 Å². The average molecular weight is 243 g/mol. The lowest BCUT2D eigenvalue weighted by molar-refractivity contribution is -0.140. The molecule has 0 bridgehead atoms. The van der Waals surface area contributed by atoms with Crippen molar-refractivity contribution in [2.45, 2.75) is 64.5 Å². The second kappa shape index (κ2) is 5.36. The van der Waals surface area contributed by atoms with Gasteiger partial charge in [0.15, 0.2) is 0 Å². The molecule has 1 atom stereocenters. The molecule has 0 saturated heterocycles. The van der Waals surface area contributed by atoms with Crippen LogP contribution in [0, 0.1) is 5.41 Å². The van der Waals surface area contributed by atoms with E-state index >= 15 is 0 Å². The fraction of sp³-hybridized carbons (Fsp3) is 0.923. The molecule has 0 radical (unpaired) electrons. The lowest BCUT2D eigenvalue weighted by Gasteiger charge is -2.40. The molecule has 1 unspecified atom stereocenters. The van der Waals surface area contributed by atoms with Gasteiger partial charge in [-0.05, 0) is 37.5 Å². The van der Waals surface area contributed by atoms with Crippen LogP contribution >= 0.6 is 0 Å². The van der Waals surface area contributed by atoms with Crippen molar-refractivity contribution in [3.05, 3.63) is 0 Å². The molecule has 0 aromatic heterocycles. The summed E-state index contributed by atoms with van der Waals surface area (Å²) < 4.78 is 0. The maximum Gasteiger partial charge on any atom is 0.320 e. The number of carbonyl (C=O) groups is 1. The van der Waals surface area contributed by atoms with Gasteiger partial charge in [0, 0.05) is 6.54 Å². The zero-order valence-electron chi connectivity index (χ0n) is 11.1. The molecule has 0 spiro atoms. The smallest absolute Gasteiger partial charge is 0.320 e. The van der Waals surface area contributed by atoms with Crippen LogP contribution in [0.3, 0.4) is 0 Å². The summed E-state index contributed by atoms with van der Waals surface area (Å²) in [7, 11) is 0. The predicted molar refractivity (Wildman–Crippen MR) is 66.9 cm³/mol. The Bertz CT molecular complexity index is 266. The monoisotopic (exact) mass is 243 g/mol. The molecule has 0 aliphatic heterocycles. The van der Waals surface area contributed by atoms with Gasteiger partial charge in [0.1, 0.15) is 6.04 Å². The van der Waals surface area contributed by atoms with Crippen LogP contribution in [0.25, 0.3) is 0 Å². The van der Waals surface area contributed by atoms with Crippen LogP contribution in [0.15, 0.2) is 0 Å². The Morgan fingerprint density at radius 3 is 2.24 bits per heavy atom. The molecular weight excluding hydrogens is 218 g/mol. The largest absolute Gasteiger partial charge is 0.480 e. The van der Waals surface area contributed by atoms with Gasteiger partial charge in [-0.2, -0.15) is 0 Å². The molecule has 3 N–H and O–H groups in total. The molecule has 4 nitrogen and oxygen atoms in total. The van der Waals surface area contributed by atoms with Gasteiger partial charge in [-0.15, -0.1) is 0 Å². The highest BCUT2D eigenvalue weighted by Gasteiger charge is 2.37. The number of carboxylic acid groups (broad SMARTS) is 1. The van der Waals surface area contributed by atoms with E-state index in [4.69, 9.17) is 5.11 Å². The van der Waals surface area contributed by atoms with Crippen LogP contribution in [0.1, 0.15) is 52.9 Å². The summed E-state index contributed by atoms with van der Waals surface area (Å²) >= 11 is 0. The summed E-state index contributed by atoms with van der Waals surface area (Å²) in [6.07, 6.45) is 4.03. The zero-order valence-corrected chi connectivity index (χ0v) is 11.1. The molecule has 1 aliphatic carbocycles. The molecule has 0 aromatic rings. The Labute approximate surface area is 103 Å². The second-order valence-corrected chi connectivity index (χ2v) is 6.07. The molecule has 4 heteroatoms. The van der Waals surface area contributed by atoms with Gasteiger partial charge in [0.2, 0.25) is 0 Å². The Morgan fingerprint density at radius 2 is 1.82 bits per heavy atom. The number of carboxylic acids is 1. The van der Waals surface area contributed by atoms with Crippen molar-refractivity contribution >= 4 is 5.97 Å². The minimum Gasteiger partial charge on any atom is -0.480 e. The van der Waals surface area contributed by atoms with Gasteiger partial charge in [-0.3, -0.25) is 4.79 Å². The summed E-state index contributed by atoms with van der Waals surface area (Å²) in [5.74, 6) is -0.841. The molecule has 17 heavy (non-hydrogen) atoms. The Hall–Kier alpha value is -0.610. The number of aliphatic hydroxyl groups is 1. The van der Waals surface area contributed by atoms with Crippen LogP contribution in [0.4, 0.5) is 0 Å². The minimum atomic E-state index is -0.841. The van der Waals surface area contributed by atoms with Gasteiger partial charge < -0.3 is 15.5 Å². The molecule has 1 saturated carbocycles. The van der Waals surface area contributed by atoms with E-state index in [-0.39, 0.29) is 0 Å². The van der Waals surface area contributed by atoms with E-state index in [0.29, 0.717) is 18.4 Å². The highest BCUT2D eigenvalue weighted by Crippen LogP contribution is 2.39. The van der Waals surface area contributed by atoms with Crippen LogP contribution in [0.5, 0.6) is 0 Å². The van der Waals surface area contributed by atoms with Crippen molar-refractivity contribution in [3.8, 4) is 0 Å². The number of hydrogen-bond acceptors (Lipinski definition) is 3. The quantitative estimate of drug-likeness (QED) is 0.688. The van der Waals surface area contributed by atoms with Crippen molar-refractivity contribution < 1.29 is 15.0 Å². The maximum absolute atomic E-state index is 10.9. The highest BCUT2D eigenvalue weighted by molar-refractivity contribution is 5.73. The molecular formula is C13H25NO3. The lowest BCUT2D eigenvalue weighted by Crippen LogP contribution is -2.49. The van der Waals surface area contributed by atoms with Crippen molar-refractivity contribution in [1.82, 2.24) is 5.32 Å². The Kier molecular flexibility index (Phi) is 4.55. The standard InChI is InChI=1S/C13H25NO3/c1-4-10(11(15)16)14-9-13(17)7-5-12(2,3)6-8-13/h10,14,17H,4-9H2,1-3H3,(H,15,16). The fourth-order valence-corrected chi connectivity index (χ4v) is 2.29. The van der Waals surface area contributed by atoms with Crippen LogP contribution in [0.2, 0.25) is 0 Å². The zero-order chi connectivity index (χ0) is 13.1. The van der Waals surface area contributed by atoms with Crippen molar-refractivity contribution in [1.29, 1.82) is 0 Å². The van der Waals surface area contributed by atoms with E-state index in [1.54, 1.807) is 0 Å². The Balaban J connectivity index is 2.43. The van der Waals surface area contributed by atoms with E-state index in [1.165, 1.54) is 0 Å². The van der Waals surface area contributed by atoms with E-state index in [2.05, 4.69) is 19.2 Å². The van der Waals surface area contributed by atoms with Crippen LogP contribution in [-0.2, 0) is 4.79 Å². The van der Waals surface area contributed by atoms with Crippen LogP contribution in [-0.4, -0.2) is 34.4 Å². The topological polar surface area (TPSA) is 69.6 Å². The molecule has 1 rings (SSSR count). The number of nitrogens with one attached hydrogen (secondary N) is 1. The van der Waals surface area contributed by atoms with E-state index in [9.17, 15) is 9.90 Å². The number of hydrogen-bond donors (Lipinski definition) is 3. The first kappa shape index (κ1) is 14.5. The summed E-state index contributed by atoms with van der Waals surface area (Å²) in [5, 5.41) is 22.3. The average Bonchev–Trinajstić information content (AvgIpc) is 2.24. The van der Waals surface area contributed by atoms with Gasteiger partial charge in [0.25, 0.3) is 0 Å². The van der Waals surface area contributed by atoms with Crippen LogP contribution < -0.4 is 5.32 Å². The predicted octanol–water partition coefficient (Wildman–Crippen LogP) is 1.77. The third kappa shape index (κ3) is 4.28. The summed E-state index contributed by atoms with van der Waals surface area (Å²) in [6, 6.07) is -0.547. The Morgan fingerprint density at radius 1 is 1.29 bits per heavy atom. The molecule has 0 aromatic carbocycles. The van der Waals surface area contributed by atoms with Crippen molar-refractivity contribution in [3.63, 3.8) is 0 Å². The maximum atomic E-state index is 10.9. The minimum absolute atomic E-state index is 0.309. The molecule has 0 heterocycles. The fourth-order valence-electron chi connectivity index (χ4n) is 2.29. The molecule has 1 fully saturated rings. The lowest BCUT2D eigenvalue weighted by atomic mass is 9.71. The third-order valence-electron chi connectivity index (χ3n) is 3.92. The molecule has 100 valence electrons. The first-order valence-corrected chi connectivity index (χ1v) is 6.47. The van der Waals surface area contributed by atoms with Gasteiger partial charge in [0.05, 0.1) is 5.60 Å².